The number of benzene rings is 1. The van der Waals surface area contributed by atoms with Crippen LogP contribution in [0.3, 0.4) is 0 Å². The summed E-state index contributed by atoms with van der Waals surface area (Å²) in [5.74, 6) is 6.03. The van der Waals surface area contributed by atoms with E-state index in [1.54, 1.807) is 11.3 Å². The Labute approximate surface area is 182 Å². The Bertz CT molecular complexity index is 858. The van der Waals surface area contributed by atoms with Gasteiger partial charge in [0.1, 0.15) is 6.61 Å². The Kier molecular flexibility index (Phi) is 7.75. The van der Waals surface area contributed by atoms with Crippen LogP contribution in [-0.4, -0.2) is 47.0 Å². The smallest absolute Gasteiger partial charge is 0.104 e. The second-order valence-electron chi connectivity index (χ2n) is 7.79. The van der Waals surface area contributed by atoms with Crippen LogP contribution in [0.1, 0.15) is 42.3 Å². The number of aliphatic hydroxyl groups excluding tert-OH is 2. The molecule has 2 aromatic rings. The third kappa shape index (κ3) is 5.21. The molecule has 0 aliphatic carbocycles. The van der Waals surface area contributed by atoms with Gasteiger partial charge in [0.15, 0.2) is 0 Å². The maximum Gasteiger partial charge on any atom is 0.104 e. The average Bonchev–Trinajstić information content (AvgIpc) is 3.29. The number of nitrogens with one attached hydrogen (secondary N) is 1. The van der Waals surface area contributed by atoms with Gasteiger partial charge in [-0.15, -0.1) is 11.3 Å². The van der Waals surface area contributed by atoms with Crippen molar-refractivity contribution >= 4 is 22.9 Å². The molecule has 3 N–H and O–H groups in total. The minimum Gasteiger partial charge on any atom is -0.394 e. The fraction of sp³-hybridized carbons (Fsp3) is 0.478. The number of rotatable bonds is 7. The van der Waals surface area contributed by atoms with E-state index in [2.05, 4.69) is 54.1 Å². The van der Waals surface area contributed by atoms with E-state index in [1.165, 1.54) is 10.4 Å². The molecule has 4 nitrogen and oxygen atoms in total. The number of aliphatic hydroxyl groups is 2. The Hall–Kier alpha value is -1.39. The SMILES string of the molecule is CCN1[C@@H](c2ccc(Cl)cc2)[C@@H](CNCc2cc(C#CCO)cs2)C[C@@]1(C)CO. The highest BCUT2D eigenvalue weighted by Gasteiger charge is 2.47. The van der Waals surface area contributed by atoms with E-state index in [1.807, 2.05) is 17.5 Å². The summed E-state index contributed by atoms with van der Waals surface area (Å²) in [6.07, 6.45) is 0.940. The minimum absolute atomic E-state index is 0.116. The first-order valence-electron chi connectivity index (χ1n) is 10.0. The van der Waals surface area contributed by atoms with Gasteiger partial charge in [0.25, 0.3) is 0 Å². The van der Waals surface area contributed by atoms with E-state index in [-0.39, 0.29) is 24.8 Å². The third-order valence-electron chi connectivity index (χ3n) is 5.74. The molecule has 1 aliphatic rings. The van der Waals surface area contributed by atoms with Gasteiger partial charge in [-0.2, -0.15) is 0 Å². The molecule has 0 radical (unpaired) electrons. The molecule has 0 amide bonds. The number of nitrogens with zero attached hydrogens (tertiary/aromatic N) is 1. The van der Waals surface area contributed by atoms with Gasteiger partial charge in [-0.25, -0.2) is 0 Å². The number of hydrogen-bond donors (Lipinski definition) is 3. The van der Waals surface area contributed by atoms with E-state index in [4.69, 9.17) is 16.7 Å². The molecular weight excluding hydrogens is 404 g/mol. The summed E-state index contributed by atoms with van der Waals surface area (Å²) in [5.41, 5.74) is 1.98. The largest absolute Gasteiger partial charge is 0.394 e. The van der Waals surface area contributed by atoms with Crippen molar-refractivity contribution in [3.05, 3.63) is 56.7 Å². The maximum absolute atomic E-state index is 10.1. The lowest BCUT2D eigenvalue weighted by atomic mass is 9.90. The van der Waals surface area contributed by atoms with Crippen LogP contribution in [0.2, 0.25) is 5.02 Å². The van der Waals surface area contributed by atoms with Crippen LogP contribution in [-0.2, 0) is 6.54 Å². The lowest BCUT2D eigenvalue weighted by molar-refractivity contribution is 0.0579. The monoisotopic (exact) mass is 432 g/mol. The van der Waals surface area contributed by atoms with Crippen LogP contribution >= 0.6 is 22.9 Å². The molecule has 2 heterocycles. The Morgan fingerprint density at radius 2 is 2.07 bits per heavy atom. The van der Waals surface area contributed by atoms with Crippen LogP contribution in [0.5, 0.6) is 0 Å². The van der Waals surface area contributed by atoms with Gasteiger partial charge in [0, 0.05) is 45.5 Å². The molecule has 0 spiro atoms. The van der Waals surface area contributed by atoms with Gasteiger partial charge >= 0.3 is 0 Å². The molecule has 1 aromatic carbocycles. The first-order valence-corrected chi connectivity index (χ1v) is 11.3. The number of likely N-dealkylation sites (tertiary alicyclic amines) is 1. The highest BCUT2D eigenvalue weighted by atomic mass is 35.5. The summed E-state index contributed by atoms with van der Waals surface area (Å²) >= 11 is 7.78. The van der Waals surface area contributed by atoms with Crippen LogP contribution < -0.4 is 5.32 Å². The summed E-state index contributed by atoms with van der Waals surface area (Å²) in [5, 5.41) is 25.3. The molecule has 0 saturated carbocycles. The summed E-state index contributed by atoms with van der Waals surface area (Å²) < 4.78 is 0. The van der Waals surface area contributed by atoms with E-state index < -0.39 is 0 Å². The number of hydrogen-bond acceptors (Lipinski definition) is 5. The molecule has 0 unspecified atom stereocenters. The van der Waals surface area contributed by atoms with Gasteiger partial charge in [-0.3, -0.25) is 4.90 Å². The van der Waals surface area contributed by atoms with Gasteiger partial charge in [-0.05, 0) is 49.6 Å². The molecule has 29 heavy (non-hydrogen) atoms. The van der Waals surface area contributed by atoms with Crippen molar-refractivity contribution in [3.63, 3.8) is 0 Å². The summed E-state index contributed by atoms with van der Waals surface area (Å²) in [7, 11) is 0. The van der Waals surface area contributed by atoms with Crippen LogP contribution in [0.15, 0.2) is 35.7 Å². The number of halogens is 1. The molecule has 1 fully saturated rings. The Morgan fingerprint density at radius 3 is 2.72 bits per heavy atom. The number of thiophene rings is 1. The highest BCUT2D eigenvalue weighted by Crippen LogP contribution is 2.46. The zero-order valence-electron chi connectivity index (χ0n) is 17.0. The van der Waals surface area contributed by atoms with E-state index in [0.29, 0.717) is 5.92 Å². The van der Waals surface area contributed by atoms with Crippen LogP contribution in [0.25, 0.3) is 0 Å². The fourth-order valence-corrected chi connectivity index (χ4v) is 5.39. The average molecular weight is 433 g/mol. The lowest BCUT2D eigenvalue weighted by Gasteiger charge is -2.37. The topological polar surface area (TPSA) is 55.7 Å². The van der Waals surface area contributed by atoms with Crippen LogP contribution in [0, 0.1) is 17.8 Å². The first kappa shape index (κ1) is 22.3. The second kappa shape index (κ2) is 10.1. The van der Waals surface area contributed by atoms with Gasteiger partial charge in [0.2, 0.25) is 0 Å². The van der Waals surface area contributed by atoms with E-state index >= 15 is 0 Å². The normalized spacial score (nSPS) is 24.4. The summed E-state index contributed by atoms with van der Waals surface area (Å²) in [4.78, 5) is 3.65. The third-order valence-corrected chi connectivity index (χ3v) is 6.93. The molecule has 6 heteroatoms. The van der Waals surface area contributed by atoms with Gasteiger partial charge in [-0.1, -0.05) is 42.5 Å². The van der Waals surface area contributed by atoms with Crippen molar-refractivity contribution in [2.45, 2.75) is 38.4 Å². The Morgan fingerprint density at radius 1 is 1.31 bits per heavy atom. The zero-order valence-corrected chi connectivity index (χ0v) is 18.6. The van der Waals surface area contributed by atoms with Gasteiger partial charge < -0.3 is 15.5 Å². The minimum atomic E-state index is -0.221. The molecule has 3 atom stereocenters. The summed E-state index contributed by atoms with van der Waals surface area (Å²) in [6, 6.07) is 10.4. The van der Waals surface area contributed by atoms with E-state index in [0.717, 1.165) is 36.6 Å². The predicted octanol–water partition coefficient (Wildman–Crippen LogP) is 3.67. The van der Waals surface area contributed by atoms with Crippen molar-refractivity contribution in [1.29, 1.82) is 0 Å². The molecular formula is C23H29ClN2O2S. The van der Waals surface area contributed by atoms with Crippen molar-refractivity contribution in [1.82, 2.24) is 10.2 Å². The highest BCUT2D eigenvalue weighted by molar-refractivity contribution is 7.10. The predicted molar refractivity (Wildman–Crippen MR) is 120 cm³/mol. The van der Waals surface area contributed by atoms with Crippen molar-refractivity contribution in [2.24, 2.45) is 5.92 Å². The molecule has 3 rings (SSSR count). The molecule has 1 aliphatic heterocycles. The fourth-order valence-electron chi connectivity index (χ4n) is 4.47. The summed E-state index contributed by atoms with van der Waals surface area (Å²) in [6.45, 7) is 6.90. The van der Waals surface area contributed by atoms with Crippen molar-refractivity contribution < 1.29 is 10.2 Å². The lowest BCUT2D eigenvalue weighted by Crippen LogP contribution is -2.45. The number of likely N-dealkylation sites (N-methyl/N-ethyl adjacent to an activating group) is 1. The van der Waals surface area contributed by atoms with Crippen molar-refractivity contribution in [3.8, 4) is 11.8 Å². The Balaban J connectivity index is 1.71. The second-order valence-corrected chi connectivity index (χ2v) is 9.23. The first-order chi connectivity index (χ1) is 14.0. The quantitative estimate of drug-likeness (QED) is 0.584. The van der Waals surface area contributed by atoms with Crippen LogP contribution in [0.4, 0.5) is 0 Å². The maximum atomic E-state index is 10.1. The zero-order chi connectivity index (χ0) is 20.9. The standard InChI is InChI=1S/C23H29ClN2O2S/c1-3-26-22(18-6-8-20(24)9-7-18)19(12-23(26,2)16-28)13-25-14-21-11-17(15-29-21)5-4-10-27/h6-9,11,15,19,22,25,27-28H,3,10,12-14,16H2,1-2H3/t19-,22+,23+/m1/s1. The molecule has 1 saturated heterocycles. The van der Waals surface area contributed by atoms with Gasteiger partial charge in [0.05, 0.1) is 6.61 Å². The van der Waals surface area contributed by atoms with Crippen molar-refractivity contribution in [2.75, 3.05) is 26.3 Å². The van der Waals surface area contributed by atoms with E-state index in [9.17, 15) is 5.11 Å². The molecule has 1 aromatic heterocycles. The molecule has 0 bridgehead atoms. The molecule has 156 valence electrons.